The number of hydrogen-bond acceptors (Lipinski definition) is 5. The summed E-state index contributed by atoms with van der Waals surface area (Å²) in [6, 6.07) is 22.6. The first-order chi connectivity index (χ1) is 16.5. The predicted octanol–water partition coefficient (Wildman–Crippen LogP) is 5.29. The van der Waals surface area contributed by atoms with Crippen LogP contribution in [0.5, 0.6) is 5.75 Å². The van der Waals surface area contributed by atoms with Crippen LogP contribution in [0, 0.1) is 5.82 Å². The minimum Gasteiger partial charge on any atom is -0.484 e. The smallest absolute Gasteiger partial charge is 0.266 e. The van der Waals surface area contributed by atoms with Gasteiger partial charge in [-0.25, -0.2) is 4.39 Å². The van der Waals surface area contributed by atoms with Gasteiger partial charge in [-0.15, -0.1) is 0 Å². The molecule has 1 heterocycles. The Kier molecular flexibility index (Phi) is 7.72. The molecule has 1 N–H and O–H groups in total. The Bertz CT molecular complexity index is 1210. The zero-order chi connectivity index (χ0) is 23.9. The van der Waals surface area contributed by atoms with E-state index in [1.165, 1.54) is 36.0 Å². The lowest BCUT2D eigenvalue weighted by molar-refractivity contribution is -0.122. The molecule has 1 fully saturated rings. The molecular weight excluding hydrogens is 471 g/mol. The molecule has 0 atom stereocenters. The molecule has 4 rings (SSSR count). The number of halogens is 1. The molecule has 0 spiro atoms. The Hall–Kier alpha value is -3.49. The predicted molar refractivity (Wildman–Crippen MR) is 137 cm³/mol. The third-order valence-corrected chi connectivity index (χ3v) is 6.39. The Morgan fingerprint density at radius 3 is 2.44 bits per heavy atom. The summed E-state index contributed by atoms with van der Waals surface area (Å²) >= 11 is 6.70. The molecule has 0 radical (unpaired) electrons. The summed E-state index contributed by atoms with van der Waals surface area (Å²) in [5.74, 6) is -0.302. The molecule has 0 saturated carbocycles. The Labute approximate surface area is 206 Å². The Morgan fingerprint density at radius 2 is 1.74 bits per heavy atom. The van der Waals surface area contributed by atoms with Crippen LogP contribution in [-0.4, -0.2) is 34.2 Å². The van der Waals surface area contributed by atoms with Crippen molar-refractivity contribution < 1.29 is 18.7 Å². The number of carbonyl (C=O) groups is 2. The second-order valence-electron chi connectivity index (χ2n) is 7.48. The van der Waals surface area contributed by atoms with Crippen LogP contribution in [0.25, 0.3) is 6.08 Å². The third kappa shape index (κ3) is 6.30. The van der Waals surface area contributed by atoms with Crippen LogP contribution < -0.4 is 10.1 Å². The van der Waals surface area contributed by atoms with Crippen molar-refractivity contribution in [2.45, 2.75) is 6.42 Å². The van der Waals surface area contributed by atoms with Crippen molar-refractivity contribution in [2.75, 3.05) is 18.5 Å². The van der Waals surface area contributed by atoms with E-state index < -0.39 is 0 Å². The molecule has 0 unspecified atom stereocenters. The van der Waals surface area contributed by atoms with Crippen LogP contribution in [0.15, 0.2) is 83.8 Å². The summed E-state index contributed by atoms with van der Waals surface area (Å²) in [5.41, 5.74) is 2.47. The van der Waals surface area contributed by atoms with E-state index >= 15 is 0 Å². The second kappa shape index (κ2) is 11.1. The number of ether oxygens (including phenoxy) is 1. The van der Waals surface area contributed by atoms with E-state index in [-0.39, 0.29) is 24.2 Å². The normalized spacial score (nSPS) is 14.5. The van der Waals surface area contributed by atoms with Crippen molar-refractivity contribution in [3.8, 4) is 5.75 Å². The van der Waals surface area contributed by atoms with Gasteiger partial charge in [-0.2, -0.15) is 0 Å². The molecule has 0 aromatic heterocycles. The van der Waals surface area contributed by atoms with Crippen molar-refractivity contribution in [3.63, 3.8) is 0 Å². The molecule has 0 bridgehead atoms. The van der Waals surface area contributed by atoms with E-state index in [1.54, 1.807) is 23.1 Å². The lowest BCUT2D eigenvalue weighted by Gasteiger charge is -2.14. The molecule has 34 heavy (non-hydrogen) atoms. The number of nitrogens with one attached hydrogen (secondary N) is 1. The molecule has 1 aliphatic rings. The van der Waals surface area contributed by atoms with E-state index in [4.69, 9.17) is 17.0 Å². The first-order valence-corrected chi connectivity index (χ1v) is 11.8. The third-order valence-electron chi connectivity index (χ3n) is 5.02. The van der Waals surface area contributed by atoms with Gasteiger partial charge in [0.1, 0.15) is 15.9 Å². The molecule has 172 valence electrons. The molecule has 5 nitrogen and oxygen atoms in total. The number of carbonyl (C=O) groups excluding carboxylic acids is 2. The largest absolute Gasteiger partial charge is 0.484 e. The molecule has 1 saturated heterocycles. The van der Waals surface area contributed by atoms with Crippen LogP contribution in [0.1, 0.15) is 11.1 Å². The van der Waals surface area contributed by atoms with Gasteiger partial charge in [-0.05, 0) is 60.0 Å². The zero-order valence-electron chi connectivity index (χ0n) is 18.1. The van der Waals surface area contributed by atoms with Gasteiger partial charge in [0, 0.05) is 12.2 Å². The highest BCUT2D eigenvalue weighted by atomic mass is 32.2. The average molecular weight is 493 g/mol. The van der Waals surface area contributed by atoms with E-state index in [2.05, 4.69) is 5.32 Å². The van der Waals surface area contributed by atoms with Gasteiger partial charge < -0.3 is 10.1 Å². The van der Waals surface area contributed by atoms with E-state index in [0.29, 0.717) is 27.2 Å². The lowest BCUT2D eigenvalue weighted by Crippen LogP contribution is -2.30. The van der Waals surface area contributed by atoms with Gasteiger partial charge in [-0.1, -0.05) is 66.4 Å². The van der Waals surface area contributed by atoms with E-state index in [1.807, 2.05) is 42.5 Å². The van der Waals surface area contributed by atoms with Gasteiger partial charge in [0.05, 0.1) is 4.91 Å². The van der Waals surface area contributed by atoms with Gasteiger partial charge in [0.2, 0.25) is 0 Å². The second-order valence-corrected chi connectivity index (χ2v) is 9.16. The molecule has 0 aliphatic carbocycles. The minimum absolute atomic E-state index is 0.0938. The molecule has 3 aromatic carbocycles. The van der Waals surface area contributed by atoms with Crippen LogP contribution >= 0.6 is 24.0 Å². The van der Waals surface area contributed by atoms with Crippen molar-refractivity contribution in [1.29, 1.82) is 0 Å². The van der Waals surface area contributed by atoms with Gasteiger partial charge in [0.25, 0.3) is 11.8 Å². The van der Waals surface area contributed by atoms with E-state index in [0.717, 1.165) is 17.5 Å². The molecule has 8 heteroatoms. The highest BCUT2D eigenvalue weighted by molar-refractivity contribution is 8.26. The fraction of sp³-hybridized carbons (Fsp3) is 0.115. The lowest BCUT2D eigenvalue weighted by atomic mass is 10.1. The number of hydrogen-bond donors (Lipinski definition) is 1. The topological polar surface area (TPSA) is 58.6 Å². The van der Waals surface area contributed by atoms with Crippen molar-refractivity contribution in [3.05, 3.63) is 101 Å². The standard InChI is InChI=1S/C26H21FN2O3S2/c27-20-8-10-21(11-9-20)28-24(30)17-32-22-12-6-19(7-13-22)16-23-25(31)29(26(33)34-23)15-14-18-4-2-1-3-5-18/h1-13,16H,14-15,17H2,(H,28,30)/b23-16-. The van der Waals surface area contributed by atoms with E-state index in [9.17, 15) is 14.0 Å². The first-order valence-electron chi connectivity index (χ1n) is 10.6. The number of benzene rings is 3. The molecule has 3 aromatic rings. The number of thioether (sulfide) groups is 1. The van der Waals surface area contributed by atoms with Crippen LogP contribution in [0.4, 0.5) is 10.1 Å². The van der Waals surface area contributed by atoms with Crippen molar-refractivity contribution in [2.24, 2.45) is 0 Å². The quantitative estimate of drug-likeness (QED) is 0.342. The summed E-state index contributed by atoms with van der Waals surface area (Å²) in [7, 11) is 0. The number of rotatable bonds is 8. The first kappa shape index (κ1) is 23.7. The molecule has 1 aliphatic heterocycles. The summed E-state index contributed by atoms with van der Waals surface area (Å²) in [6.07, 6.45) is 2.54. The summed E-state index contributed by atoms with van der Waals surface area (Å²) < 4.78 is 19.0. The van der Waals surface area contributed by atoms with Crippen molar-refractivity contribution >= 4 is 51.9 Å². The number of thiocarbonyl (C=S) groups is 1. The minimum atomic E-state index is -0.372. The maximum absolute atomic E-state index is 12.9. The Balaban J connectivity index is 1.30. The number of nitrogens with zero attached hydrogens (tertiary/aromatic N) is 1. The maximum Gasteiger partial charge on any atom is 0.266 e. The molecule has 2 amide bonds. The number of anilines is 1. The van der Waals surface area contributed by atoms with Crippen LogP contribution in [-0.2, 0) is 16.0 Å². The zero-order valence-corrected chi connectivity index (χ0v) is 19.7. The average Bonchev–Trinajstić information content (AvgIpc) is 3.11. The number of amides is 2. The monoisotopic (exact) mass is 492 g/mol. The highest BCUT2D eigenvalue weighted by Crippen LogP contribution is 2.32. The van der Waals surface area contributed by atoms with Crippen LogP contribution in [0.2, 0.25) is 0 Å². The fourth-order valence-corrected chi connectivity index (χ4v) is 4.58. The summed E-state index contributed by atoms with van der Waals surface area (Å²) in [6.45, 7) is 0.357. The summed E-state index contributed by atoms with van der Waals surface area (Å²) in [4.78, 5) is 27.0. The van der Waals surface area contributed by atoms with Crippen LogP contribution in [0.3, 0.4) is 0 Å². The van der Waals surface area contributed by atoms with Gasteiger partial charge >= 0.3 is 0 Å². The fourth-order valence-electron chi connectivity index (χ4n) is 3.27. The van der Waals surface area contributed by atoms with Gasteiger partial charge in [0.15, 0.2) is 6.61 Å². The highest BCUT2D eigenvalue weighted by Gasteiger charge is 2.31. The van der Waals surface area contributed by atoms with Gasteiger partial charge in [-0.3, -0.25) is 14.5 Å². The summed E-state index contributed by atoms with van der Waals surface area (Å²) in [5, 5.41) is 2.64. The maximum atomic E-state index is 12.9. The SMILES string of the molecule is O=C(COc1ccc(/C=C2\SC(=S)N(CCc3ccccc3)C2=O)cc1)Nc1ccc(F)cc1. The molecular formula is C26H21FN2O3S2. The Morgan fingerprint density at radius 1 is 1.03 bits per heavy atom. The van der Waals surface area contributed by atoms with Crippen molar-refractivity contribution in [1.82, 2.24) is 4.90 Å².